The first kappa shape index (κ1) is 24.5. The first-order valence-corrected chi connectivity index (χ1v) is 11.7. The molecule has 1 aliphatic heterocycles. The Hall–Kier alpha value is -3.14. The number of carbonyl (C=O) groups excluding carboxylic acids is 4. The predicted molar refractivity (Wildman–Crippen MR) is 121 cm³/mol. The SMILES string of the molecule is CC(C)C(NC(=O)OCc1ccccc1)C(=O)CC1Cc2nnsc2CCCNC(=O)C1=O. The smallest absolute Gasteiger partial charge is 0.408 e. The van der Waals surface area contributed by atoms with E-state index in [1.807, 2.05) is 30.3 Å². The molecule has 2 aromatic rings. The molecule has 2 amide bonds. The van der Waals surface area contributed by atoms with E-state index in [2.05, 4.69) is 20.2 Å². The van der Waals surface area contributed by atoms with E-state index < -0.39 is 29.7 Å². The summed E-state index contributed by atoms with van der Waals surface area (Å²) in [5, 5.41) is 9.35. The summed E-state index contributed by atoms with van der Waals surface area (Å²) >= 11 is 1.27. The molecule has 3 rings (SSSR count). The summed E-state index contributed by atoms with van der Waals surface area (Å²) in [6.45, 7) is 4.04. The van der Waals surface area contributed by atoms with E-state index in [0.29, 0.717) is 25.1 Å². The van der Waals surface area contributed by atoms with Crippen molar-refractivity contribution < 1.29 is 23.9 Å². The number of carbonyl (C=O) groups is 4. The van der Waals surface area contributed by atoms with Gasteiger partial charge in [-0.15, -0.1) is 5.10 Å². The summed E-state index contributed by atoms with van der Waals surface area (Å²) in [4.78, 5) is 51.5. The number of ketones is 2. The minimum Gasteiger partial charge on any atom is -0.445 e. The van der Waals surface area contributed by atoms with E-state index in [4.69, 9.17) is 4.74 Å². The number of aryl methyl sites for hydroxylation is 1. The Morgan fingerprint density at radius 2 is 2.00 bits per heavy atom. The molecule has 0 saturated carbocycles. The molecule has 2 unspecified atom stereocenters. The lowest BCUT2D eigenvalue weighted by Gasteiger charge is -2.23. The maximum absolute atomic E-state index is 13.1. The van der Waals surface area contributed by atoms with Gasteiger partial charge in [0.25, 0.3) is 5.91 Å². The van der Waals surface area contributed by atoms with Crippen LogP contribution in [0.5, 0.6) is 0 Å². The molecule has 1 aromatic heterocycles. The first-order valence-electron chi connectivity index (χ1n) is 11.0. The van der Waals surface area contributed by atoms with E-state index in [-0.39, 0.29) is 31.1 Å². The molecule has 33 heavy (non-hydrogen) atoms. The molecular weight excluding hydrogens is 444 g/mol. The number of nitrogens with one attached hydrogen (secondary N) is 2. The second-order valence-corrected chi connectivity index (χ2v) is 9.20. The fourth-order valence-electron chi connectivity index (χ4n) is 3.67. The van der Waals surface area contributed by atoms with Gasteiger partial charge in [-0.05, 0) is 35.9 Å². The Balaban J connectivity index is 1.67. The summed E-state index contributed by atoms with van der Waals surface area (Å²) in [7, 11) is 0. The van der Waals surface area contributed by atoms with Crippen LogP contribution >= 0.6 is 11.5 Å². The number of hydrogen-bond acceptors (Lipinski definition) is 8. The van der Waals surface area contributed by atoms with Gasteiger partial charge in [0.15, 0.2) is 5.78 Å². The van der Waals surface area contributed by atoms with Gasteiger partial charge in [-0.25, -0.2) is 4.79 Å². The highest BCUT2D eigenvalue weighted by molar-refractivity contribution is 7.05. The number of nitrogens with zero attached hydrogens (tertiary/aromatic N) is 2. The van der Waals surface area contributed by atoms with Crippen LogP contribution in [-0.2, 0) is 38.6 Å². The standard InChI is InChI=1S/C23H28N4O5S/c1-14(2)20(25-23(31)32-13-15-7-4-3-5-8-15)18(28)12-16-11-17-19(33-27-26-17)9-6-10-24-22(30)21(16)29/h3-5,7-8,14,16,20H,6,9-13H2,1-2H3,(H,24,30)(H,25,31). The average molecular weight is 473 g/mol. The Kier molecular flexibility index (Phi) is 8.65. The molecule has 2 N–H and O–H groups in total. The van der Waals surface area contributed by atoms with Crippen molar-refractivity contribution in [2.45, 2.75) is 52.2 Å². The van der Waals surface area contributed by atoms with Gasteiger partial charge in [0, 0.05) is 30.2 Å². The minimum absolute atomic E-state index is 0.0760. The fraction of sp³-hybridized carbons (Fsp3) is 0.478. The highest BCUT2D eigenvalue weighted by atomic mass is 32.1. The second-order valence-electron chi connectivity index (χ2n) is 8.37. The van der Waals surface area contributed by atoms with Crippen molar-refractivity contribution in [3.8, 4) is 0 Å². The zero-order valence-electron chi connectivity index (χ0n) is 18.7. The summed E-state index contributed by atoms with van der Waals surface area (Å²) < 4.78 is 9.21. The molecule has 1 aliphatic rings. The van der Waals surface area contributed by atoms with Crippen molar-refractivity contribution in [3.63, 3.8) is 0 Å². The van der Waals surface area contributed by atoms with Crippen molar-refractivity contribution in [3.05, 3.63) is 46.5 Å². The van der Waals surface area contributed by atoms with Gasteiger partial charge >= 0.3 is 6.09 Å². The minimum atomic E-state index is -0.873. The van der Waals surface area contributed by atoms with Crippen molar-refractivity contribution in [1.29, 1.82) is 0 Å². The van der Waals surface area contributed by atoms with Crippen LogP contribution in [0.25, 0.3) is 0 Å². The third-order valence-electron chi connectivity index (χ3n) is 5.48. The lowest BCUT2D eigenvalue weighted by Crippen LogP contribution is -2.46. The third kappa shape index (κ3) is 6.92. The van der Waals surface area contributed by atoms with Crippen molar-refractivity contribution >= 4 is 35.1 Å². The van der Waals surface area contributed by atoms with Crippen LogP contribution in [0.3, 0.4) is 0 Å². The van der Waals surface area contributed by atoms with Crippen LogP contribution in [0.2, 0.25) is 0 Å². The molecule has 1 aromatic carbocycles. The molecule has 2 heterocycles. The van der Waals surface area contributed by atoms with Crippen LogP contribution in [0.15, 0.2) is 30.3 Å². The zero-order chi connectivity index (χ0) is 23.8. The molecule has 176 valence electrons. The summed E-state index contributed by atoms with van der Waals surface area (Å²) in [6.07, 6.45) is 0.639. The number of fused-ring (bicyclic) bond motifs is 1. The van der Waals surface area contributed by atoms with Crippen LogP contribution < -0.4 is 10.6 Å². The van der Waals surface area contributed by atoms with E-state index in [1.54, 1.807) is 13.8 Å². The Morgan fingerprint density at radius 1 is 1.24 bits per heavy atom. The molecule has 10 heteroatoms. The summed E-state index contributed by atoms with van der Waals surface area (Å²) in [6, 6.07) is 8.35. The van der Waals surface area contributed by atoms with Gasteiger partial charge in [-0.1, -0.05) is 48.7 Å². The van der Waals surface area contributed by atoms with E-state index >= 15 is 0 Å². The second kappa shape index (κ2) is 11.6. The van der Waals surface area contributed by atoms with Crippen molar-refractivity contribution in [2.75, 3.05) is 6.54 Å². The lowest BCUT2D eigenvalue weighted by atomic mass is 9.87. The molecule has 0 spiro atoms. The zero-order valence-corrected chi connectivity index (χ0v) is 19.5. The van der Waals surface area contributed by atoms with Crippen LogP contribution in [0.1, 0.15) is 42.8 Å². The molecule has 0 bridgehead atoms. The Morgan fingerprint density at radius 3 is 2.73 bits per heavy atom. The van der Waals surface area contributed by atoms with E-state index in [1.165, 1.54) is 11.5 Å². The maximum atomic E-state index is 13.1. The quantitative estimate of drug-likeness (QED) is 0.592. The number of rotatable bonds is 7. The highest BCUT2D eigenvalue weighted by Gasteiger charge is 2.34. The largest absolute Gasteiger partial charge is 0.445 e. The van der Waals surface area contributed by atoms with Gasteiger partial charge in [0.2, 0.25) is 5.78 Å². The van der Waals surface area contributed by atoms with Gasteiger partial charge < -0.3 is 15.4 Å². The van der Waals surface area contributed by atoms with E-state index in [0.717, 1.165) is 10.4 Å². The Bertz CT molecular complexity index is 992. The molecule has 0 aliphatic carbocycles. The fourth-order valence-corrected chi connectivity index (χ4v) is 4.37. The molecule has 9 nitrogen and oxygen atoms in total. The average Bonchev–Trinajstić information content (AvgIpc) is 3.24. The number of Topliss-reactive ketones (excluding diaryl/α,β-unsaturated/α-hetero) is 2. The number of aromatic nitrogens is 2. The molecule has 2 atom stereocenters. The number of alkyl carbamates (subject to hydrolysis) is 1. The maximum Gasteiger partial charge on any atom is 0.408 e. The first-order chi connectivity index (χ1) is 15.8. The number of amides is 2. The normalized spacial score (nSPS) is 17.6. The number of ether oxygens (including phenoxy) is 1. The summed E-state index contributed by atoms with van der Waals surface area (Å²) in [5.74, 6) is -2.80. The molecule has 0 radical (unpaired) electrons. The molecule has 0 saturated heterocycles. The monoisotopic (exact) mass is 472 g/mol. The Labute approximate surface area is 196 Å². The summed E-state index contributed by atoms with van der Waals surface area (Å²) in [5.41, 5.74) is 1.48. The lowest BCUT2D eigenvalue weighted by molar-refractivity contribution is -0.141. The highest BCUT2D eigenvalue weighted by Crippen LogP contribution is 2.22. The van der Waals surface area contributed by atoms with Gasteiger partial charge in [-0.3, -0.25) is 14.4 Å². The number of hydrogen-bond donors (Lipinski definition) is 2. The van der Waals surface area contributed by atoms with Crippen LogP contribution in [-0.4, -0.2) is 45.7 Å². The van der Waals surface area contributed by atoms with Crippen molar-refractivity contribution in [1.82, 2.24) is 20.2 Å². The topological polar surface area (TPSA) is 127 Å². The van der Waals surface area contributed by atoms with Gasteiger partial charge in [-0.2, -0.15) is 0 Å². The third-order valence-corrected chi connectivity index (χ3v) is 6.31. The van der Waals surface area contributed by atoms with Crippen molar-refractivity contribution in [2.24, 2.45) is 11.8 Å². The van der Waals surface area contributed by atoms with Crippen LogP contribution in [0.4, 0.5) is 4.79 Å². The van der Waals surface area contributed by atoms with E-state index in [9.17, 15) is 19.2 Å². The molecular formula is C23H28N4O5S. The van der Waals surface area contributed by atoms with Gasteiger partial charge in [0.1, 0.15) is 6.61 Å². The van der Waals surface area contributed by atoms with Gasteiger partial charge in [0.05, 0.1) is 11.7 Å². The molecule has 0 fully saturated rings. The van der Waals surface area contributed by atoms with Crippen LogP contribution in [0, 0.1) is 11.8 Å². The number of benzene rings is 1. The predicted octanol–water partition coefficient (Wildman–Crippen LogP) is 2.24.